The van der Waals surface area contributed by atoms with Crippen molar-refractivity contribution in [3.63, 3.8) is 0 Å². The van der Waals surface area contributed by atoms with Gasteiger partial charge in [0.05, 0.1) is 19.1 Å². The molecule has 1 unspecified atom stereocenters. The zero-order valence-electron chi connectivity index (χ0n) is 16.2. The van der Waals surface area contributed by atoms with E-state index in [2.05, 4.69) is 13.8 Å². The van der Waals surface area contributed by atoms with Crippen LogP contribution in [0.3, 0.4) is 0 Å². The molecule has 2 aliphatic heterocycles. The van der Waals surface area contributed by atoms with Gasteiger partial charge in [-0.2, -0.15) is 0 Å². The molecule has 0 spiro atoms. The molecule has 0 N–H and O–H groups in total. The number of ketones is 1. The number of hydrogen-bond donors (Lipinski definition) is 0. The van der Waals surface area contributed by atoms with Gasteiger partial charge in [0.15, 0.2) is 5.76 Å². The number of Topliss-reactive ketones (excluding diaryl/α,β-unsaturated/α-hetero) is 1. The lowest BCUT2D eigenvalue weighted by Crippen LogP contribution is -2.21. The topological polar surface area (TPSA) is 61.8 Å². The highest BCUT2D eigenvalue weighted by Crippen LogP contribution is 2.48. The van der Waals surface area contributed by atoms with E-state index < -0.39 is 0 Å². The molecule has 0 aromatic heterocycles. The van der Waals surface area contributed by atoms with E-state index in [0.717, 1.165) is 17.5 Å². The van der Waals surface area contributed by atoms with Crippen LogP contribution in [0.5, 0.6) is 17.2 Å². The van der Waals surface area contributed by atoms with Crippen LogP contribution in [0.4, 0.5) is 0 Å². The van der Waals surface area contributed by atoms with Crippen LogP contribution >= 0.6 is 0 Å². The monoisotopic (exact) mass is 378 g/mol. The maximum atomic E-state index is 12.9. The van der Waals surface area contributed by atoms with Crippen LogP contribution in [0.15, 0.2) is 42.2 Å². The predicted molar refractivity (Wildman–Crippen MR) is 105 cm³/mol. The molecule has 4 rings (SSSR count). The van der Waals surface area contributed by atoms with Crippen molar-refractivity contribution in [3.8, 4) is 17.2 Å². The zero-order chi connectivity index (χ0) is 19.8. The zero-order valence-corrected chi connectivity index (χ0v) is 16.2. The van der Waals surface area contributed by atoms with Crippen molar-refractivity contribution in [1.29, 1.82) is 0 Å². The number of benzene rings is 2. The first-order valence-electron chi connectivity index (χ1n) is 9.42. The van der Waals surface area contributed by atoms with E-state index in [1.54, 1.807) is 25.3 Å². The lowest BCUT2D eigenvalue weighted by atomic mass is 9.84. The molecule has 2 heterocycles. The van der Waals surface area contributed by atoms with Gasteiger partial charge in [-0.3, -0.25) is 9.59 Å². The number of esters is 1. The Balaban J connectivity index is 1.77. The molecule has 0 radical (unpaired) electrons. The fourth-order valence-electron chi connectivity index (χ4n) is 3.89. The molecule has 144 valence electrons. The Morgan fingerprint density at radius 1 is 1.14 bits per heavy atom. The van der Waals surface area contributed by atoms with Crippen LogP contribution in [0, 0.1) is 5.92 Å². The molecule has 2 aliphatic rings. The first-order chi connectivity index (χ1) is 13.5. The van der Waals surface area contributed by atoms with E-state index >= 15 is 0 Å². The Labute approximate surface area is 163 Å². The SMILES string of the molecule is COc1ccccc1/C=C1\Oc2c(ccc3c2C(CC(C)C)CC(=O)O3)C1=O. The molecule has 0 saturated heterocycles. The minimum Gasteiger partial charge on any atom is -0.496 e. The largest absolute Gasteiger partial charge is 0.496 e. The molecule has 28 heavy (non-hydrogen) atoms. The summed E-state index contributed by atoms with van der Waals surface area (Å²) in [4.78, 5) is 24.9. The van der Waals surface area contributed by atoms with Gasteiger partial charge in [0.2, 0.25) is 5.78 Å². The predicted octanol–water partition coefficient (Wildman–Crippen LogP) is 4.75. The number of allylic oxidation sites excluding steroid dienone is 1. The molecular weight excluding hydrogens is 356 g/mol. The van der Waals surface area contributed by atoms with Crippen molar-refractivity contribution >= 4 is 17.8 Å². The highest BCUT2D eigenvalue weighted by atomic mass is 16.5. The van der Waals surface area contributed by atoms with E-state index in [9.17, 15) is 9.59 Å². The molecule has 5 heteroatoms. The molecule has 2 aromatic rings. The Bertz CT molecular complexity index is 986. The lowest BCUT2D eigenvalue weighted by Gasteiger charge is -2.27. The summed E-state index contributed by atoms with van der Waals surface area (Å²) in [5.74, 6) is 1.87. The average molecular weight is 378 g/mol. The van der Waals surface area contributed by atoms with Crippen molar-refractivity contribution in [2.75, 3.05) is 7.11 Å². The highest BCUT2D eigenvalue weighted by Gasteiger charge is 2.38. The van der Waals surface area contributed by atoms with Gasteiger partial charge in [0.1, 0.15) is 17.2 Å². The fourth-order valence-corrected chi connectivity index (χ4v) is 3.89. The van der Waals surface area contributed by atoms with E-state index in [1.165, 1.54) is 0 Å². The average Bonchev–Trinajstić information content (AvgIpc) is 2.97. The molecule has 0 fully saturated rings. The lowest BCUT2D eigenvalue weighted by molar-refractivity contribution is -0.136. The normalized spacial score (nSPS) is 19.3. The molecule has 0 amide bonds. The Morgan fingerprint density at radius 3 is 2.68 bits per heavy atom. The molecule has 2 aromatic carbocycles. The molecular formula is C23H22O5. The number of para-hydroxylation sites is 1. The van der Waals surface area contributed by atoms with Gasteiger partial charge >= 0.3 is 5.97 Å². The van der Waals surface area contributed by atoms with Crippen LogP contribution in [0.2, 0.25) is 0 Å². The third-order valence-electron chi connectivity index (χ3n) is 5.06. The van der Waals surface area contributed by atoms with Crippen LogP contribution < -0.4 is 14.2 Å². The van der Waals surface area contributed by atoms with Gasteiger partial charge in [-0.25, -0.2) is 0 Å². The van der Waals surface area contributed by atoms with Gasteiger partial charge in [-0.1, -0.05) is 32.0 Å². The van der Waals surface area contributed by atoms with Crippen molar-refractivity contribution in [2.24, 2.45) is 5.92 Å². The Hall–Kier alpha value is -3.08. The summed E-state index contributed by atoms with van der Waals surface area (Å²) in [6.07, 6.45) is 2.81. The standard InChI is InChI=1S/C23H22O5/c1-13(2)10-15-12-20(24)27-18-9-8-16-22(25)19(28-23(16)21(15)18)11-14-6-4-5-7-17(14)26-3/h4-9,11,13,15H,10,12H2,1-3H3/b19-11-. The van der Waals surface area contributed by atoms with Crippen molar-refractivity contribution in [3.05, 3.63) is 58.8 Å². The van der Waals surface area contributed by atoms with E-state index in [0.29, 0.717) is 35.2 Å². The maximum Gasteiger partial charge on any atom is 0.311 e. The summed E-state index contributed by atoms with van der Waals surface area (Å²) in [5, 5.41) is 0. The fraction of sp³-hybridized carbons (Fsp3) is 0.304. The quantitative estimate of drug-likeness (QED) is 0.436. The van der Waals surface area contributed by atoms with E-state index in [1.807, 2.05) is 24.3 Å². The minimum absolute atomic E-state index is 0.0235. The van der Waals surface area contributed by atoms with Gasteiger partial charge < -0.3 is 14.2 Å². The van der Waals surface area contributed by atoms with Crippen LogP contribution in [-0.4, -0.2) is 18.9 Å². The Kier molecular flexibility index (Phi) is 4.67. The number of methoxy groups -OCH3 is 1. The molecule has 0 saturated carbocycles. The Morgan fingerprint density at radius 2 is 1.93 bits per heavy atom. The van der Waals surface area contributed by atoms with Gasteiger partial charge in [-0.05, 0) is 36.6 Å². The number of fused-ring (bicyclic) bond motifs is 3. The van der Waals surface area contributed by atoms with E-state index in [-0.39, 0.29) is 23.4 Å². The van der Waals surface area contributed by atoms with Crippen LogP contribution in [-0.2, 0) is 4.79 Å². The summed E-state index contributed by atoms with van der Waals surface area (Å²) >= 11 is 0. The minimum atomic E-state index is -0.243. The third kappa shape index (κ3) is 3.17. The third-order valence-corrected chi connectivity index (χ3v) is 5.06. The van der Waals surface area contributed by atoms with Crippen LogP contribution in [0.25, 0.3) is 6.08 Å². The summed E-state index contributed by atoms with van der Waals surface area (Å²) in [6, 6.07) is 10.8. The molecule has 1 atom stereocenters. The first kappa shape index (κ1) is 18.3. The van der Waals surface area contributed by atoms with Crippen molar-refractivity contribution in [2.45, 2.75) is 32.6 Å². The summed E-state index contributed by atoms with van der Waals surface area (Å²) < 4.78 is 16.8. The number of carbonyl (C=O) groups excluding carboxylic acids is 2. The highest BCUT2D eigenvalue weighted by molar-refractivity contribution is 6.15. The molecule has 0 aliphatic carbocycles. The first-order valence-corrected chi connectivity index (χ1v) is 9.42. The summed E-state index contributed by atoms with van der Waals surface area (Å²) in [5.41, 5.74) is 2.09. The smallest absolute Gasteiger partial charge is 0.311 e. The van der Waals surface area contributed by atoms with Gasteiger partial charge in [-0.15, -0.1) is 0 Å². The second kappa shape index (κ2) is 7.15. The van der Waals surface area contributed by atoms with Crippen molar-refractivity contribution in [1.82, 2.24) is 0 Å². The number of carbonyl (C=O) groups is 2. The number of rotatable bonds is 4. The molecule has 0 bridgehead atoms. The number of hydrogen-bond acceptors (Lipinski definition) is 5. The maximum absolute atomic E-state index is 12.9. The number of ether oxygens (including phenoxy) is 3. The van der Waals surface area contributed by atoms with E-state index in [4.69, 9.17) is 14.2 Å². The second-order valence-electron chi connectivity index (χ2n) is 7.54. The molecule has 5 nitrogen and oxygen atoms in total. The summed E-state index contributed by atoms with van der Waals surface area (Å²) in [6.45, 7) is 4.23. The summed E-state index contributed by atoms with van der Waals surface area (Å²) in [7, 11) is 1.59. The van der Waals surface area contributed by atoms with Crippen LogP contribution in [0.1, 0.15) is 54.1 Å². The second-order valence-corrected chi connectivity index (χ2v) is 7.54. The van der Waals surface area contributed by atoms with Gasteiger partial charge in [0, 0.05) is 17.0 Å². The van der Waals surface area contributed by atoms with Gasteiger partial charge in [0.25, 0.3) is 0 Å². The van der Waals surface area contributed by atoms with Crippen molar-refractivity contribution < 1.29 is 23.8 Å².